The van der Waals surface area contributed by atoms with E-state index < -0.39 is 17.9 Å². The van der Waals surface area contributed by atoms with Crippen molar-refractivity contribution in [1.29, 1.82) is 0 Å². The van der Waals surface area contributed by atoms with Crippen molar-refractivity contribution in [2.24, 2.45) is 0 Å². The van der Waals surface area contributed by atoms with Gasteiger partial charge in [-0.05, 0) is 19.3 Å². The molecular weight excluding hydrogens is 182 g/mol. The number of unbranched alkanes of at least 4 members (excludes halogenated alkanes) is 1. The second kappa shape index (κ2) is 6.96. The van der Waals surface area contributed by atoms with Crippen molar-refractivity contribution in [3.05, 3.63) is 0 Å². The Kier molecular flexibility index (Phi) is 6.21. The number of carboxylic acids is 1. The van der Waals surface area contributed by atoms with Crippen molar-refractivity contribution < 1.29 is 14.7 Å². The van der Waals surface area contributed by atoms with Gasteiger partial charge >= 0.3 is 5.97 Å². The lowest BCUT2D eigenvalue weighted by Gasteiger charge is -2.11. The van der Waals surface area contributed by atoms with Crippen molar-refractivity contribution in [3.63, 3.8) is 0 Å². The van der Waals surface area contributed by atoms with E-state index in [0.29, 0.717) is 6.42 Å². The summed E-state index contributed by atoms with van der Waals surface area (Å²) in [5, 5.41) is 11.1. The molecule has 1 amide bonds. The van der Waals surface area contributed by atoms with E-state index in [4.69, 9.17) is 5.11 Å². The number of aliphatic carboxylic acids is 1. The summed E-state index contributed by atoms with van der Waals surface area (Å²) in [7, 11) is 0. The Morgan fingerprint density at radius 2 is 2.14 bits per heavy atom. The Hall–Kier alpha value is -1.50. The fraction of sp³-hybridized carbons (Fsp3) is 0.600. The third-order valence-electron chi connectivity index (χ3n) is 1.69. The summed E-state index contributed by atoms with van der Waals surface area (Å²) in [4.78, 5) is 21.7. The molecule has 0 aromatic carbocycles. The van der Waals surface area contributed by atoms with Crippen LogP contribution >= 0.6 is 0 Å². The third-order valence-corrected chi connectivity index (χ3v) is 1.69. The number of rotatable bonds is 5. The minimum absolute atomic E-state index is 0.447. The first-order valence-corrected chi connectivity index (χ1v) is 4.57. The van der Waals surface area contributed by atoms with E-state index in [1.54, 1.807) is 0 Å². The maximum atomic E-state index is 11.0. The highest BCUT2D eigenvalue weighted by Crippen LogP contribution is 2.00. The molecule has 0 saturated carbocycles. The van der Waals surface area contributed by atoms with Crippen LogP contribution in [0.25, 0.3) is 0 Å². The molecule has 0 bridgehead atoms. The summed E-state index contributed by atoms with van der Waals surface area (Å²) in [5.74, 6) is 3.12. The summed E-state index contributed by atoms with van der Waals surface area (Å²) >= 11 is 0. The second-order valence-corrected chi connectivity index (χ2v) is 2.88. The molecule has 78 valence electrons. The van der Waals surface area contributed by atoms with Gasteiger partial charge in [0.1, 0.15) is 6.04 Å². The Bertz CT molecular complexity index is 262. The van der Waals surface area contributed by atoms with Gasteiger partial charge in [0, 0.05) is 0 Å². The molecule has 2 N–H and O–H groups in total. The smallest absolute Gasteiger partial charge is 0.326 e. The molecule has 0 aliphatic heterocycles. The SMILES string of the molecule is CC#CC(=O)N[C@@H](CCCC)C(=O)O. The molecule has 0 aromatic heterocycles. The molecule has 0 unspecified atom stereocenters. The van der Waals surface area contributed by atoms with Crippen LogP contribution in [0.3, 0.4) is 0 Å². The highest BCUT2D eigenvalue weighted by atomic mass is 16.4. The maximum Gasteiger partial charge on any atom is 0.326 e. The molecule has 0 radical (unpaired) electrons. The minimum Gasteiger partial charge on any atom is -0.480 e. The number of hydrogen-bond donors (Lipinski definition) is 2. The number of carbonyl (C=O) groups excluding carboxylic acids is 1. The van der Waals surface area contributed by atoms with Crippen LogP contribution in [0.1, 0.15) is 33.1 Å². The lowest BCUT2D eigenvalue weighted by molar-refractivity contribution is -0.141. The van der Waals surface area contributed by atoms with Gasteiger partial charge in [-0.3, -0.25) is 4.79 Å². The summed E-state index contributed by atoms with van der Waals surface area (Å²) in [5.41, 5.74) is 0. The van der Waals surface area contributed by atoms with Gasteiger partial charge in [0.05, 0.1) is 0 Å². The van der Waals surface area contributed by atoms with Gasteiger partial charge in [-0.15, -0.1) is 0 Å². The van der Waals surface area contributed by atoms with Crippen LogP contribution < -0.4 is 5.32 Å². The van der Waals surface area contributed by atoms with E-state index >= 15 is 0 Å². The van der Waals surface area contributed by atoms with E-state index in [0.717, 1.165) is 12.8 Å². The number of amides is 1. The van der Waals surface area contributed by atoms with E-state index in [1.807, 2.05) is 6.92 Å². The van der Waals surface area contributed by atoms with Crippen LogP contribution in [-0.2, 0) is 9.59 Å². The van der Waals surface area contributed by atoms with Crippen LogP contribution in [0, 0.1) is 11.8 Å². The zero-order valence-electron chi connectivity index (χ0n) is 8.46. The highest BCUT2D eigenvalue weighted by molar-refractivity contribution is 5.95. The summed E-state index contributed by atoms with van der Waals surface area (Å²) in [6.07, 6.45) is 2.12. The molecule has 0 fully saturated rings. The third kappa shape index (κ3) is 5.20. The molecule has 0 rings (SSSR count). The molecule has 0 spiro atoms. The quantitative estimate of drug-likeness (QED) is 0.640. The average Bonchev–Trinajstić information content (AvgIpc) is 2.12. The Morgan fingerprint density at radius 3 is 2.57 bits per heavy atom. The number of nitrogens with one attached hydrogen (secondary N) is 1. The van der Waals surface area contributed by atoms with Crippen LogP contribution in [0.5, 0.6) is 0 Å². The van der Waals surface area contributed by atoms with Crippen molar-refractivity contribution in [2.75, 3.05) is 0 Å². The van der Waals surface area contributed by atoms with Crippen LogP contribution in [-0.4, -0.2) is 23.0 Å². The number of carboxylic acid groups (broad SMARTS) is 1. The Balaban J connectivity index is 4.13. The molecular formula is C10H15NO3. The van der Waals surface area contributed by atoms with Gasteiger partial charge in [0.25, 0.3) is 5.91 Å². The van der Waals surface area contributed by atoms with Gasteiger partial charge in [0.2, 0.25) is 0 Å². The molecule has 4 nitrogen and oxygen atoms in total. The Labute approximate surface area is 83.7 Å². The largest absolute Gasteiger partial charge is 0.480 e. The normalized spacial score (nSPS) is 11.0. The zero-order valence-corrected chi connectivity index (χ0v) is 8.46. The van der Waals surface area contributed by atoms with Crippen LogP contribution in [0.2, 0.25) is 0 Å². The van der Waals surface area contributed by atoms with Crippen molar-refractivity contribution in [1.82, 2.24) is 5.32 Å². The van der Waals surface area contributed by atoms with Crippen LogP contribution in [0.15, 0.2) is 0 Å². The molecule has 0 aliphatic carbocycles. The van der Waals surface area contributed by atoms with Crippen LogP contribution in [0.4, 0.5) is 0 Å². The topological polar surface area (TPSA) is 66.4 Å². The van der Waals surface area contributed by atoms with Gasteiger partial charge in [0.15, 0.2) is 0 Å². The first kappa shape index (κ1) is 12.5. The molecule has 1 atom stereocenters. The van der Waals surface area contributed by atoms with E-state index in [2.05, 4.69) is 17.2 Å². The van der Waals surface area contributed by atoms with E-state index in [1.165, 1.54) is 6.92 Å². The molecule has 4 heteroatoms. The van der Waals surface area contributed by atoms with Crippen molar-refractivity contribution >= 4 is 11.9 Å². The fourth-order valence-corrected chi connectivity index (χ4v) is 0.973. The Morgan fingerprint density at radius 1 is 1.50 bits per heavy atom. The predicted octanol–water partition coefficient (Wildman–Crippen LogP) is 0.769. The van der Waals surface area contributed by atoms with Crippen molar-refractivity contribution in [3.8, 4) is 11.8 Å². The average molecular weight is 197 g/mol. The fourth-order valence-electron chi connectivity index (χ4n) is 0.973. The summed E-state index contributed by atoms with van der Waals surface area (Å²) in [6, 6.07) is -0.816. The highest BCUT2D eigenvalue weighted by Gasteiger charge is 2.17. The summed E-state index contributed by atoms with van der Waals surface area (Å²) in [6.45, 7) is 3.49. The molecule has 0 saturated heterocycles. The maximum absolute atomic E-state index is 11.0. The standard InChI is InChI=1S/C10H15NO3/c1-3-5-7-8(10(13)14)11-9(12)6-4-2/h8H,3,5,7H2,1-2H3,(H,11,12)(H,13,14)/t8-/m0/s1. The lowest BCUT2D eigenvalue weighted by Crippen LogP contribution is -2.40. The summed E-state index contributed by atoms with van der Waals surface area (Å²) < 4.78 is 0. The second-order valence-electron chi connectivity index (χ2n) is 2.88. The molecule has 14 heavy (non-hydrogen) atoms. The zero-order chi connectivity index (χ0) is 11.0. The monoisotopic (exact) mass is 197 g/mol. The molecule has 0 aliphatic rings. The first-order chi connectivity index (χ1) is 6.61. The van der Waals surface area contributed by atoms with Gasteiger partial charge < -0.3 is 10.4 Å². The number of hydrogen-bond acceptors (Lipinski definition) is 2. The van der Waals surface area contributed by atoms with Gasteiger partial charge in [-0.2, -0.15) is 0 Å². The predicted molar refractivity (Wildman–Crippen MR) is 52.5 cm³/mol. The van der Waals surface area contributed by atoms with Crippen molar-refractivity contribution in [2.45, 2.75) is 39.2 Å². The molecule has 0 aromatic rings. The van der Waals surface area contributed by atoms with Gasteiger partial charge in [-0.25, -0.2) is 4.79 Å². The van der Waals surface area contributed by atoms with Gasteiger partial charge in [-0.1, -0.05) is 25.7 Å². The van der Waals surface area contributed by atoms with E-state index in [9.17, 15) is 9.59 Å². The lowest BCUT2D eigenvalue weighted by atomic mass is 10.1. The van der Waals surface area contributed by atoms with E-state index in [-0.39, 0.29) is 0 Å². The number of carbonyl (C=O) groups is 2. The first-order valence-electron chi connectivity index (χ1n) is 4.57. The minimum atomic E-state index is -1.01. The molecule has 0 heterocycles.